The molecular weight excluding hydrogens is 314 g/mol. The van der Waals surface area contributed by atoms with Crippen LogP contribution in [0.2, 0.25) is 0 Å². The first-order valence-corrected chi connectivity index (χ1v) is 9.65. The third-order valence-corrected chi connectivity index (χ3v) is 5.26. The molecule has 1 aromatic carbocycles. The highest BCUT2D eigenvalue weighted by atomic mass is 16.5. The SMILES string of the molecule is CCC(NC(=O)CC1CCCN1)C1CN(Cc2ccccc2)CCO1. The molecule has 3 atom stereocenters. The molecule has 0 aromatic heterocycles. The quantitative estimate of drug-likeness (QED) is 0.793. The number of nitrogens with one attached hydrogen (secondary N) is 2. The largest absolute Gasteiger partial charge is 0.373 e. The molecule has 25 heavy (non-hydrogen) atoms. The smallest absolute Gasteiger partial charge is 0.221 e. The number of hydrogen-bond donors (Lipinski definition) is 2. The Morgan fingerprint density at radius 3 is 2.96 bits per heavy atom. The third-order valence-electron chi connectivity index (χ3n) is 5.26. The minimum atomic E-state index is 0.0722. The molecule has 2 aliphatic heterocycles. The van der Waals surface area contributed by atoms with Gasteiger partial charge >= 0.3 is 0 Å². The molecule has 3 unspecified atom stereocenters. The van der Waals surface area contributed by atoms with Crippen LogP contribution in [-0.4, -0.2) is 55.2 Å². The van der Waals surface area contributed by atoms with Crippen LogP contribution in [0.25, 0.3) is 0 Å². The van der Waals surface area contributed by atoms with Gasteiger partial charge in [-0.1, -0.05) is 37.3 Å². The van der Waals surface area contributed by atoms with E-state index in [9.17, 15) is 4.79 Å². The minimum absolute atomic E-state index is 0.0722. The first kappa shape index (κ1) is 18.4. The van der Waals surface area contributed by atoms with E-state index < -0.39 is 0 Å². The van der Waals surface area contributed by atoms with Crippen molar-refractivity contribution in [2.75, 3.05) is 26.2 Å². The van der Waals surface area contributed by atoms with Crippen LogP contribution >= 0.6 is 0 Å². The Labute approximate surface area is 151 Å². The molecule has 138 valence electrons. The second kappa shape index (κ2) is 9.32. The maximum Gasteiger partial charge on any atom is 0.221 e. The minimum Gasteiger partial charge on any atom is -0.373 e. The maximum absolute atomic E-state index is 12.4. The van der Waals surface area contributed by atoms with E-state index in [0.29, 0.717) is 12.5 Å². The summed E-state index contributed by atoms with van der Waals surface area (Å²) in [7, 11) is 0. The molecule has 2 N–H and O–H groups in total. The lowest BCUT2D eigenvalue weighted by atomic mass is 10.0. The predicted molar refractivity (Wildman–Crippen MR) is 99.3 cm³/mol. The molecular formula is C20H31N3O2. The number of hydrogen-bond acceptors (Lipinski definition) is 4. The van der Waals surface area contributed by atoms with Gasteiger partial charge in [0, 0.05) is 32.1 Å². The van der Waals surface area contributed by atoms with Crippen LogP contribution in [0.3, 0.4) is 0 Å². The molecule has 2 heterocycles. The molecule has 1 aromatic rings. The third kappa shape index (κ3) is 5.53. The zero-order valence-corrected chi connectivity index (χ0v) is 15.2. The average Bonchev–Trinajstić information content (AvgIpc) is 3.13. The van der Waals surface area contributed by atoms with Crippen LogP contribution in [0.1, 0.15) is 38.2 Å². The van der Waals surface area contributed by atoms with Gasteiger partial charge in [0.25, 0.3) is 0 Å². The van der Waals surface area contributed by atoms with E-state index in [-0.39, 0.29) is 18.1 Å². The van der Waals surface area contributed by atoms with Gasteiger partial charge in [0.2, 0.25) is 5.91 Å². The number of carbonyl (C=O) groups excluding carboxylic acids is 1. The van der Waals surface area contributed by atoms with E-state index in [1.54, 1.807) is 0 Å². The lowest BCUT2D eigenvalue weighted by Gasteiger charge is -2.37. The van der Waals surface area contributed by atoms with Crippen LogP contribution in [0.15, 0.2) is 30.3 Å². The van der Waals surface area contributed by atoms with Gasteiger partial charge in [-0.15, -0.1) is 0 Å². The van der Waals surface area contributed by atoms with Gasteiger partial charge < -0.3 is 15.4 Å². The molecule has 0 spiro atoms. The summed E-state index contributed by atoms with van der Waals surface area (Å²) in [4.78, 5) is 14.8. The molecule has 2 fully saturated rings. The van der Waals surface area contributed by atoms with Gasteiger partial charge in [0.05, 0.1) is 18.8 Å². The van der Waals surface area contributed by atoms with Crippen molar-refractivity contribution in [3.8, 4) is 0 Å². The summed E-state index contributed by atoms with van der Waals surface area (Å²) in [6, 6.07) is 11.0. The first-order valence-electron chi connectivity index (χ1n) is 9.65. The molecule has 2 aliphatic rings. The van der Waals surface area contributed by atoms with Gasteiger partial charge in [-0.25, -0.2) is 0 Å². The molecule has 2 saturated heterocycles. The summed E-state index contributed by atoms with van der Waals surface area (Å²) in [6.45, 7) is 6.65. The number of carbonyl (C=O) groups is 1. The van der Waals surface area contributed by atoms with E-state index in [4.69, 9.17) is 4.74 Å². The van der Waals surface area contributed by atoms with Gasteiger partial charge in [-0.3, -0.25) is 9.69 Å². The highest BCUT2D eigenvalue weighted by Crippen LogP contribution is 2.15. The lowest BCUT2D eigenvalue weighted by molar-refractivity contribution is -0.124. The van der Waals surface area contributed by atoms with Crippen molar-refractivity contribution in [1.29, 1.82) is 0 Å². The second-order valence-electron chi connectivity index (χ2n) is 7.21. The molecule has 0 saturated carbocycles. The van der Waals surface area contributed by atoms with Crippen molar-refractivity contribution >= 4 is 5.91 Å². The number of rotatable bonds is 7. The summed E-state index contributed by atoms with van der Waals surface area (Å²) in [6.07, 6.45) is 3.83. The van der Waals surface area contributed by atoms with E-state index in [2.05, 4.69) is 46.7 Å². The number of amides is 1. The van der Waals surface area contributed by atoms with Crippen molar-refractivity contribution in [3.63, 3.8) is 0 Å². The summed E-state index contributed by atoms with van der Waals surface area (Å²) in [5.41, 5.74) is 1.33. The zero-order chi connectivity index (χ0) is 17.5. The summed E-state index contributed by atoms with van der Waals surface area (Å²) in [5.74, 6) is 0.148. The number of nitrogens with zero attached hydrogens (tertiary/aromatic N) is 1. The Morgan fingerprint density at radius 2 is 2.24 bits per heavy atom. The van der Waals surface area contributed by atoms with E-state index in [1.165, 1.54) is 12.0 Å². The van der Waals surface area contributed by atoms with Crippen molar-refractivity contribution < 1.29 is 9.53 Å². The van der Waals surface area contributed by atoms with E-state index in [1.807, 2.05) is 6.07 Å². The van der Waals surface area contributed by atoms with Gasteiger partial charge in [-0.2, -0.15) is 0 Å². The topological polar surface area (TPSA) is 53.6 Å². The highest BCUT2D eigenvalue weighted by Gasteiger charge is 2.29. The first-order chi connectivity index (χ1) is 12.2. The molecule has 5 heteroatoms. The van der Waals surface area contributed by atoms with Crippen molar-refractivity contribution in [1.82, 2.24) is 15.5 Å². The van der Waals surface area contributed by atoms with Crippen LogP contribution in [0.5, 0.6) is 0 Å². The lowest BCUT2D eigenvalue weighted by Crippen LogP contribution is -2.53. The Kier molecular flexibility index (Phi) is 6.84. The molecule has 0 bridgehead atoms. The number of ether oxygens (including phenoxy) is 1. The van der Waals surface area contributed by atoms with Crippen LogP contribution in [0.4, 0.5) is 0 Å². The molecule has 0 aliphatic carbocycles. The van der Waals surface area contributed by atoms with Crippen molar-refractivity contribution in [2.45, 2.75) is 57.3 Å². The second-order valence-corrected chi connectivity index (χ2v) is 7.21. The summed E-state index contributed by atoms with van der Waals surface area (Å²) in [5, 5.41) is 6.61. The van der Waals surface area contributed by atoms with Crippen LogP contribution in [-0.2, 0) is 16.1 Å². The Morgan fingerprint density at radius 1 is 1.40 bits per heavy atom. The summed E-state index contributed by atoms with van der Waals surface area (Å²) >= 11 is 0. The Bertz CT molecular complexity index is 531. The standard InChI is InChI=1S/C20H31N3O2/c1-2-18(22-20(24)13-17-9-6-10-21-17)19-15-23(11-12-25-19)14-16-7-4-3-5-8-16/h3-5,7-8,17-19,21H,2,6,9-15H2,1H3,(H,22,24). The Hall–Kier alpha value is -1.43. The van der Waals surface area contributed by atoms with E-state index in [0.717, 1.165) is 45.6 Å². The number of morpholine rings is 1. The van der Waals surface area contributed by atoms with Gasteiger partial charge in [0.15, 0.2) is 0 Å². The van der Waals surface area contributed by atoms with Crippen molar-refractivity contribution in [3.05, 3.63) is 35.9 Å². The molecule has 3 rings (SSSR count). The highest BCUT2D eigenvalue weighted by molar-refractivity contribution is 5.77. The fourth-order valence-electron chi connectivity index (χ4n) is 3.84. The Balaban J connectivity index is 1.50. The maximum atomic E-state index is 12.4. The normalized spacial score (nSPS) is 25.6. The summed E-state index contributed by atoms with van der Waals surface area (Å²) < 4.78 is 6.00. The van der Waals surface area contributed by atoms with E-state index >= 15 is 0 Å². The zero-order valence-electron chi connectivity index (χ0n) is 15.2. The fraction of sp³-hybridized carbons (Fsp3) is 0.650. The van der Waals surface area contributed by atoms with Crippen LogP contribution < -0.4 is 10.6 Å². The number of benzene rings is 1. The molecule has 0 radical (unpaired) electrons. The van der Waals surface area contributed by atoms with Gasteiger partial charge in [-0.05, 0) is 31.4 Å². The fourth-order valence-corrected chi connectivity index (χ4v) is 3.84. The van der Waals surface area contributed by atoms with Crippen molar-refractivity contribution in [2.24, 2.45) is 0 Å². The van der Waals surface area contributed by atoms with Gasteiger partial charge in [0.1, 0.15) is 0 Å². The molecule has 5 nitrogen and oxygen atoms in total. The average molecular weight is 345 g/mol. The molecule has 1 amide bonds. The monoisotopic (exact) mass is 345 g/mol. The van der Waals surface area contributed by atoms with Crippen LogP contribution in [0, 0.1) is 0 Å². The predicted octanol–water partition coefficient (Wildman–Crippen LogP) is 1.92.